The fraction of sp³-hybridized carbons (Fsp3) is 0.412. The summed E-state index contributed by atoms with van der Waals surface area (Å²) >= 11 is 0. The third-order valence-electron chi connectivity index (χ3n) is 3.64. The van der Waals surface area contributed by atoms with Gasteiger partial charge in [0.25, 0.3) is 5.91 Å². The van der Waals surface area contributed by atoms with Crippen molar-refractivity contribution in [3.63, 3.8) is 0 Å². The van der Waals surface area contributed by atoms with Crippen LogP contribution in [0.25, 0.3) is 0 Å². The Morgan fingerprint density at radius 2 is 1.96 bits per heavy atom. The maximum Gasteiger partial charge on any atom is 0.254 e. The number of carbonyl (C=O) groups excluding carboxylic acids is 1. The number of nitrogens with zero attached hydrogens (tertiary/aromatic N) is 2. The van der Waals surface area contributed by atoms with E-state index in [1.54, 1.807) is 10.9 Å². The molecule has 0 bridgehead atoms. The van der Waals surface area contributed by atoms with Gasteiger partial charge in [0, 0.05) is 17.8 Å². The Bertz CT molecular complexity index is 749. The minimum absolute atomic E-state index is 0.0883. The van der Waals surface area contributed by atoms with Crippen LogP contribution in [0.5, 0.6) is 0 Å². The number of aromatic nitrogens is 2. The first-order valence-corrected chi connectivity index (χ1v) is 7.52. The molecule has 0 spiro atoms. The number of hydrogen-bond donors (Lipinski definition) is 2. The number of benzene rings is 1. The van der Waals surface area contributed by atoms with Crippen LogP contribution < -0.4 is 5.32 Å². The SMILES string of the molecule is CC(C)(C)n1cc(C(=O)NC[C@](C)(O)c2ccc(F)cc2F)cn1. The minimum Gasteiger partial charge on any atom is -0.383 e. The second-order valence-corrected chi connectivity index (χ2v) is 6.93. The lowest BCUT2D eigenvalue weighted by Crippen LogP contribution is -2.39. The summed E-state index contributed by atoms with van der Waals surface area (Å²) < 4.78 is 28.4. The lowest BCUT2D eigenvalue weighted by atomic mass is 9.95. The van der Waals surface area contributed by atoms with E-state index in [1.807, 2.05) is 20.8 Å². The van der Waals surface area contributed by atoms with Gasteiger partial charge in [-0.25, -0.2) is 8.78 Å². The van der Waals surface area contributed by atoms with E-state index >= 15 is 0 Å². The van der Waals surface area contributed by atoms with Gasteiger partial charge in [0.1, 0.15) is 17.2 Å². The molecule has 0 fully saturated rings. The van der Waals surface area contributed by atoms with Gasteiger partial charge in [-0.05, 0) is 33.8 Å². The van der Waals surface area contributed by atoms with Gasteiger partial charge in [0.05, 0.1) is 23.8 Å². The average Bonchev–Trinajstić information content (AvgIpc) is 2.94. The third kappa shape index (κ3) is 3.97. The van der Waals surface area contributed by atoms with Gasteiger partial charge in [-0.3, -0.25) is 9.48 Å². The maximum absolute atomic E-state index is 13.8. The van der Waals surface area contributed by atoms with E-state index in [9.17, 15) is 18.7 Å². The molecule has 0 radical (unpaired) electrons. The van der Waals surface area contributed by atoms with Crippen molar-refractivity contribution in [3.8, 4) is 0 Å². The first-order chi connectivity index (χ1) is 11.0. The van der Waals surface area contributed by atoms with E-state index in [0.29, 0.717) is 11.6 Å². The summed E-state index contributed by atoms with van der Waals surface area (Å²) in [6.07, 6.45) is 3.02. The lowest BCUT2D eigenvalue weighted by Gasteiger charge is -2.24. The summed E-state index contributed by atoms with van der Waals surface area (Å²) in [6, 6.07) is 2.91. The van der Waals surface area contributed by atoms with Crippen LogP contribution in [-0.4, -0.2) is 27.3 Å². The Labute approximate surface area is 139 Å². The van der Waals surface area contributed by atoms with Crippen molar-refractivity contribution in [1.82, 2.24) is 15.1 Å². The molecule has 2 N–H and O–H groups in total. The van der Waals surface area contributed by atoms with E-state index in [2.05, 4.69) is 10.4 Å². The third-order valence-corrected chi connectivity index (χ3v) is 3.64. The highest BCUT2D eigenvalue weighted by atomic mass is 19.1. The van der Waals surface area contributed by atoms with Crippen molar-refractivity contribution < 1.29 is 18.7 Å². The van der Waals surface area contributed by atoms with Crippen LogP contribution in [0.2, 0.25) is 0 Å². The molecule has 0 aliphatic carbocycles. The molecular weight excluding hydrogens is 316 g/mol. The topological polar surface area (TPSA) is 67.2 Å². The Morgan fingerprint density at radius 3 is 2.50 bits per heavy atom. The fourth-order valence-electron chi connectivity index (χ4n) is 2.18. The molecular formula is C17H21F2N3O2. The van der Waals surface area contributed by atoms with Crippen molar-refractivity contribution in [3.05, 3.63) is 53.4 Å². The average molecular weight is 337 g/mol. The number of hydrogen-bond acceptors (Lipinski definition) is 3. The normalized spacial score (nSPS) is 14.3. The largest absolute Gasteiger partial charge is 0.383 e. The molecule has 2 aromatic rings. The van der Waals surface area contributed by atoms with Gasteiger partial charge in [0.15, 0.2) is 0 Å². The molecule has 0 unspecified atom stereocenters. The summed E-state index contributed by atoms with van der Waals surface area (Å²) in [4.78, 5) is 12.2. The first kappa shape index (κ1) is 18.1. The number of carbonyl (C=O) groups is 1. The monoisotopic (exact) mass is 337 g/mol. The fourth-order valence-corrected chi connectivity index (χ4v) is 2.18. The number of amides is 1. The predicted molar refractivity (Wildman–Crippen MR) is 85.5 cm³/mol. The number of nitrogens with one attached hydrogen (secondary N) is 1. The van der Waals surface area contributed by atoms with Crippen LogP contribution in [-0.2, 0) is 11.1 Å². The van der Waals surface area contributed by atoms with Gasteiger partial charge in [-0.1, -0.05) is 6.07 Å². The molecule has 1 amide bonds. The van der Waals surface area contributed by atoms with E-state index in [1.165, 1.54) is 13.1 Å². The zero-order valence-electron chi connectivity index (χ0n) is 14.1. The second-order valence-electron chi connectivity index (χ2n) is 6.93. The number of halogens is 2. The van der Waals surface area contributed by atoms with Gasteiger partial charge < -0.3 is 10.4 Å². The standard InChI is InChI=1S/C17H21F2N3O2/c1-16(2,3)22-9-11(8-21-22)15(23)20-10-17(4,24)13-6-5-12(18)7-14(13)19/h5-9,24H,10H2,1-4H3,(H,20,23)/t17-/m0/s1. The molecule has 1 aromatic heterocycles. The molecule has 1 atom stereocenters. The Kier molecular flexibility index (Phi) is 4.75. The summed E-state index contributed by atoms with van der Waals surface area (Å²) in [5, 5.41) is 17.1. The molecule has 5 nitrogen and oxygen atoms in total. The lowest BCUT2D eigenvalue weighted by molar-refractivity contribution is 0.0494. The zero-order valence-corrected chi connectivity index (χ0v) is 14.1. The van der Waals surface area contributed by atoms with Crippen molar-refractivity contribution >= 4 is 5.91 Å². The Hall–Kier alpha value is -2.28. The smallest absolute Gasteiger partial charge is 0.254 e. The van der Waals surface area contributed by atoms with E-state index in [-0.39, 0.29) is 17.6 Å². The Morgan fingerprint density at radius 1 is 1.29 bits per heavy atom. The van der Waals surface area contributed by atoms with Gasteiger partial charge in [-0.2, -0.15) is 5.10 Å². The summed E-state index contributed by atoms with van der Waals surface area (Å²) in [5.41, 5.74) is -1.69. The molecule has 0 saturated carbocycles. The predicted octanol–water partition coefficient (Wildman–Crippen LogP) is 2.55. The molecule has 0 saturated heterocycles. The van der Waals surface area contributed by atoms with Gasteiger partial charge in [-0.15, -0.1) is 0 Å². The Balaban J connectivity index is 2.08. The second kappa shape index (κ2) is 6.32. The van der Waals surface area contributed by atoms with Crippen LogP contribution in [0, 0.1) is 11.6 Å². The van der Waals surface area contributed by atoms with Crippen LogP contribution in [0.4, 0.5) is 8.78 Å². The van der Waals surface area contributed by atoms with Crippen LogP contribution >= 0.6 is 0 Å². The summed E-state index contributed by atoms with van der Waals surface area (Å²) in [5.74, 6) is -2.03. The van der Waals surface area contributed by atoms with E-state index in [4.69, 9.17) is 0 Å². The minimum atomic E-state index is -1.67. The number of aliphatic hydroxyl groups is 1. The highest BCUT2D eigenvalue weighted by Gasteiger charge is 2.28. The van der Waals surface area contributed by atoms with Crippen molar-refractivity contribution in [2.75, 3.05) is 6.54 Å². The molecule has 0 aliphatic heterocycles. The zero-order chi connectivity index (χ0) is 18.1. The first-order valence-electron chi connectivity index (χ1n) is 7.52. The summed E-state index contributed by atoms with van der Waals surface area (Å²) in [6.45, 7) is 6.97. The maximum atomic E-state index is 13.8. The highest BCUT2D eigenvalue weighted by Crippen LogP contribution is 2.23. The molecule has 1 heterocycles. The van der Waals surface area contributed by atoms with Crippen molar-refractivity contribution in [2.45, 2.75) is 38.8 Å². The van der Waals surface area contributed by atoms with E-state index in [0.717, 1.165) is 12.1 Å². The van der Waals surface area contributed by atoms with Crippen LogP contribution in [0.1, 0.15) is 43.6 Å². The number of rotatable bonds is 4. The van der Waals surface area contributed by atoms with Crippen molar-refractivity contribution in [2.24, 2.45) is 0 Å². The molecule has 2 rings (SSSR count). The van der Waals surface area contributed by atoms with Crippen molar-refractivity contribution in [1.29, 1.82) is 0 Å². The van der Waals surface area contributed by atoms with E-state index < -0.39 is 23.1 Å². The summed E-state index contributed by atoms with van der Waals surface area (Å²) in [7, 11) is 0. The molecule has 130 valence electrons. The molecule has 7 heteroatoms. The quantitative estimate of drug-likeness (QED) is 0.901. The van der Waals surface area contributed by atoms with Crippen LogP contribution in [0.3, 0.4) is 0 Å². The van der Waals surface area contributed by atoms with Crippen LogP contribution in [0.15, 0.2) is 30.6 Å². The molecule has 24 heavy (non-hydrogen) atoms. The van der Waals surface area contributed by atoms with Gasteiger partial charge >= 0.3 is 0 Å². The highest BCUT2D eigenvalue weighted by molar-refractivity contribution is 5.93. The molecule has 0 aliphatic rings. The molecule has 1 aromatic carbocycles. The van der Waals surface area contributed by atoms with Gasteiger partial charge in [0.2, 0.25) is 0 Å².